The Morgan fingerprint density at radius 1 is 1.00 bits per heavy atom. The van der Waals surface area contributed by atoms with Crippen LogP contribution in [0.4, 0.5) is 5.69 Å². The van der Waals surface area contributed by atoms with E-state index in [0.717, 1.165) is 13.1 Å². The van der Waals surface area contributed by atoms with E-state index >= 15 is 0 Å². The first-order valence-corrected chi connectivity index (χ1v) is 4.18. The molecule has 0 aliphatic heterocycles. The summed E-state index contributed by atoms with van der Waals surface area (Å²) < 4.78 is 0. The fourth-order valence-electron chi connectivity index (χ4n) is 1.23. The van der Waals surface area contributed by atoms with Crippen LogP contribution in [0.1, 0.15) is 13.8 Å². The van der Waals surface area contributed by atoms with Crippen LogP contribution < -0.4 is 4.90 Å². The Labute approximate surface area is 87.5 Å². The van der Waals surface area contributed by atoms with Gasteiger partial charge in [-0.3, -0.25) is 0 Å². The molecule has 0 saturated heterocycles. The van der Waals surface area contributed by atoms with Gasteiger partial charge in [-0.25, -0.2) is 0 Å². The number of para-hydroxylation sites is 1. The standard InChI is InChI=1S/C10H15N.Ru/c1-3-11(4-2)10-8-6-5-7-9-10;/h5-9H,3-4H2,1-2H3;. The zero-order chi connectivity index (χ0) is 8.10. The topological polar surface area (TPSA) is 3.24 Å². The van der Waals surface area contributed by atoms with Crippen LogP contribution in [0.15, 0.2) is 30.3 Å². The Morgan fingerprint density at radius 3 is 1.92 bits per heavy atom. The van der Waals surface area contributed by atoms with E-state index in [1.54, 1.807) is 0 Å². The summed E-state index contributed by atoms with van der Waals surface area (Å²) in [6.07, 6.45) is 0. The molecular weight excluding hydrogens is 235 g/mol. The van der Waals surface area contributed by atoms with Crippen molar-refractivity contribution in [2.24, 2.45) is 0 Å². The van der Waals surface area contributed by atoms with Crippen LogP contribution in [-0.4, -0.2) is 13.1 Å². The average Bonchev–Trinajstić information content (AvgIpc) is 2.09. The SMILES string of the molecule is CCN(CC)c1ccccc1.[Ru]. The third-order valence-corrected chi connectivity index (χ3v) is 1.88. The van der Waals surface area contributed by atoms with E-state index in [1.807, 2.05) is 6.07 Å². The molecule has 2 heteroatoms. The molecule has 0 N–H and O–H groups in total. The first-order chi connectivity index (χ1) is 5.38. The third kappa shape index (κ3) is 2.94. The van der Waals surface area contributed by atoms with Crippen molar-refractivity contribution >= 4 is 5.69 Å². The van der Waals surface area contributed by atoms with Gasteiger partial charge in [0, 0.05) is 38.3 Å². The molecule has 1 aromatic rings. The summed E-state index contributed by atoms with van der Waals surface area (Å²) in [5.41, 5.74) is 1.32. The monoisotopic (exact) mass is 251 g/mol. The van der Waals surface area contributed by atoms with Crippen molar-refractivity contribution in [2.75, 3.05) is 18.0 Å². The average molecular weight is 250 g/mol. The minimum atomic E-state index is 0. The summed E-state index contributed by atoms with van der Waals surface area (Å²) in [6, 6.07) is 10.5. The maximum absolute atomic E-state index is 2.33. The molecular formula is C10H15NRu. The molecule has 0 amide bonds. The number of benzene rings is 1. The maximum atomic E-state index is 2.33. The van der Waals surface area contributed by atoms with Crippen molar-refractivity contribution in [3.8, 4) is 0 Å². The second kappa shape index (κ2) is 6.19. The van der Waals surface area contributed by atoms with Crippen LogP contribution in [0.3, 0.4) is 0 Å². The zero-order valence-corrected chi connectivity index (χ0v) is 9.34. The van der Waals surface area contributed by atoms with Crippen molar-refractivity contribution in [3.63, 3.8) is 0 Å². The molecule has 68 valence electrons. The number of rotatable bonds is 3. The van der Waals surface area contributed by atoms with Gasteiger partial charge >= 0.3 is 0 Å². The molecule has 0 radical (unpaired) electrons. The molecule has 0 heterocycles. The molecule has 0 atom stereocenters. The molecule has 0 spiro atoms. The van der Waals surface area contributed by atoms with E-state index in [9.17, 15) is 0 Å². The van der Waals surface area contributed by atoms with Gasteiger partial charge in [0.2, 0.25) is 0 Å². The van der Waals surface area contributed by atoms with Gasteiger partial charge in [-0.1, -0.05) is 18.2 Å². The summed E-state index contributed by atoms with van der Waals surface area (Å²) in [7, 11) is 0. The van der Waals surface area contributed by atoms with E-state index < -0.39 is 0 Å². The summed E-state index contributed by atoms with van der Waals surface area (Å²) >= 11 is 0. The number of hydrogen-bond donors (Lipinski definition) is 0. The van der Waals surface area contributed by atoms with Gasteiger partial charge in [-0.05, 0) is 26.0 Å². The summed E-state index contributed by atoms with van der Waals surface area (Å²) in [5, 5.41) is 0. The Morgan fingerprint density at radius 2 is 1.50 bits per heavy atom. The molecule has 0 aromatic heterocycles. The second-order valence-corrected chi connectivity index (χ2v) is 2.51. The van der Waals surface area contributed by atoms with Crippen molar-refractivity contribution in [1.29, 1.82) is 0 Å². The van der Waals surface area contributed by atoms with E-state index in [1.165, 1.54) is 5.69 Å². The molecule has 0 fully saturated rings. The predicted molar refractivity (Wildman–Crippen MR) is 50.0 cm³/mol. The zero-order valence-electron chi connectivity index (χ0n) is 7.60. The fraction of sp³-hybridized carbons (Fsp3) is 0.400. The van der Waals surface area contributed by atoms with Gasteiger partial charge in [0.1, 0.15) is 0 Å². The van der Waals surface area contributed by atoms with Crippen molar-refractivity contribution in [3.05, 3.63) is 30.3 Å². The molecule has 1 nitrogen and oxygen atoms in total. The number of hydrogen-bond acceptors (Lipinski definition) is 1. The van der Waals surface area contributed by atoms with Crippen LogP contribution in [-0.2, 0) is 19.5 Å². The van der Waals surface area contributed by atoms with Gasteiger partial charge < -0.3 is 4.90 Å². The minimum Gasteiger partial charge on any atom is -0.372 e. The van der Waals surface area contributed by atoms with E-state index in [0.29, 0.717) is 0 Å². The molecule has 1 rings (SSSR count). The Kier molecular flexibility index (Phi) is 6.01. The van der Waals surface area contributed by atoms with Crippen molar-refractivity contribution in [2.45, 2.75) is 13.8 Å². The Balaban J connectivity index is 0.00000121. The molecule has 12 heavy (non-hydrogen) atoms. The first-order valence-electron chi connectivity index (χ1n) is 4.18. The van der Waals surface area contributed by atoms with Crippen LogP contribution >= 0.6 is 0 Å². The molecule has 0 unspecified atom stereocenters. The normalized spacial score (nSPS) is 8.83. The van der Waals surface area contributed by atoms with Crippen LogP contribution in [0.25, 0.3) is 0 Å². The van der Waals surface area contributed by atoms with Gasteiger partial charge in [0.25, 0.3) is 0 Å². The van der Waals surface area contributed by atoms with Gasteiger partial charge in [0.15, 0.2) is 0 Å². The molecule has 1 aromatic carbocycles. The summed E-state index contributed by atoms with van der Waals surface area (Å²) in [6.45, 7) is 6.52. The smallest absolute Gasteiger partial charge is 0.0365 e. The van der Waals surface area contributed by atoms with Crippen LogP contribution in [0.2, 0.25) is 0 Å². The Hall–Kier alpha value is -0.357. The van der Waals surface area contributed by atoms with Gasteiger partial charge in [0.05, 0.1) is 0 Å². The van der Waals surface area contributed by atoms with Crippen molar-refractivity contribution in [1.82, 2.24) is 0 Å². The van der Waals surface area contributed by atoms with E-state index in [2.05, 4.69) is 43.0 Å². The minimum absolute atomic E-state index is 0. The Bertz CT molecular complexity index is 194. The fourth-order valence-corrected chi connectivity index (χ4v) is 1.23. The molecule has 0 saturated carbocycles. The van der Waals surface area contributed by atoms with Gasteiger partial charge in [-0.2, -0.15) is 0 Å². The van der Waals surface area contributed by atoms with E-state index in [4.69, 9.17) is 0 Å². The molecule has 0 bridgehead atoms. The quantitative estimate of drug-likeness (QED) is 0.745. The predicted octanol–water partition coefficient (Wildman–Crippen LogP) is 2.53. The molecule has 0 aliphatic carbocycles. The van der Waals surface area contributed by atoms with E-state index in [-0.39, 0.29) is 19.5 Å². The number of nitrogens with zero attached hydrogens (tertiary/aromatic N) is 1. The maximum Gasteiger partial charge on any atom is 0.0365 e. The van der Waals surface area contributed by atoms with Gasteiger partial charge in [-0.15, -0.1) is 0 Å². The first kappa shape index (κ1) is 11.6. The summed E-state index contributed by atoms with van der Waals surface area (Å²) in [5.74, 6) is 0. The van der Waals surface area contributed by atoms with Crippen LogP contribution in [0.5, 0.6) is 0 Å². The second-order valence-electron chi connectivity index (χ2n) is 2.51. The van der Waals surface area contributed by atoms with Crippen LogP contribution in [0, 0.1) is 0 Å². The number of anilines is 1. The largest absolute Gasteiger partial charge is 0.372 e. The molecule has 0 aliphatic rings. The summed E-state index contributed by atoms with van der Waals surface area (Å²) in [4.78, 5) is 2.33. The van der Waals surface area contributed by atoms with Crippen molar-refractivity contribution < 1.29 is 19.5 Å². The third-order valence-electron chi connectivity index (χ3n) is 1.88.